The summed E-state index contributed by atoms with van der Waals surface area (Å²) in [5, 5.41) is 13.0. The zero-order valence-corrected chi connectivity index (χ0v) is 17.0. The highest BCUT2D eigenvalue weighted by atomic mass is 35.5. The predicted molar refractivity (Wildman–Crippen MR) is 116 cm³/mol. The van der Waals surface area contributed by atoms with Crippen molar-refractivity contribution in [2.45, 2.75) is 6.61 Å². The minimum Gasteiger partial charge on any atom is -0.488 e. The first-order chi connectivity index (χ1) is 14.5. The van der Waals surface area contributed by atoms with E-state index in [9.17, 15) is 14.4 Å². The Morgan fingerprint density at radius 2 is 1.83 bits per heavy atom. The van der Waals surface area contributed by atoms with Gasteiger partial charge >= 0.3 is 0 Å². The smallest absolute Gasteiger partial charge is 0.266 e. The SMILES string of the molecule is N#C/C(=C\c1ccccc1OCc1ccc(Cl)cc1Cl)C(=O)Nc1ccc(F)cc1. The average molecular weight is 441 g/mol. The molecular formula is C23H15Cl2FN2O2. The van der Waals surface area contributed by atoms with E-state index in [-0.39, 0.29) is 12.2 Å². The Labute approximate surface area is 183 Å². The third kappa shape index (κ3) is 5.60. The number of hydrogen-bond acceptors (Lipinski definition) is 3. The van der Waals surface area contributed by atoms with E-state index in [1.54, 1.807) is 42.5 Å². The van der Waals surface area contributed by atoms with E-state index < -0.39 is 11.7 Å². The van der Waals surface area contributed by atoms with Gasteiger partial charge in [0.2, 0.25) is 0 Å². The molecule has 0 aliphatic rings. The van der Waals surface area contributed by atoms with Gasteiger partial charge in [-0.25, -0.2) is 4.39 Å². The fourth-order valence-corrected chi connectivity index (χ4v) is 3.02. The van der Waals surface area contributed by atoms with Crippen LogP contribution >= 0.6 is 23.2 Å². The molecule has 0 aliphatic carbocycles. The molecule has 0 saturated heterocycles. The van der Waals surface area contributed by atoms with Crippen LogP contribution in [-0.4, -0.2) is 5.91 Å². The number of nitrogens with zero attached hydrogens (tertiary/aromatic N) is 1. The summed E-state index contributed by atoms with van der Waals surface area (Å²) in [7, 11) is 0. The minimum absolute atomic E-state index is 0.125. The van der Waals surface area contributed by atoms with Crippen LogP contribution in [0.4, 0.5) is 10.1 Å². The average Bonchev–Trinajstić information content (AvgIpc) is 2.73. The number of carbonyl (C=O) groups is 1. The standard InChI is InChI=1S/C23H15Cl2FN2O2/c24-18-6-5-16(21(25)12-18)14-30-22-4-2-1-3-15(22)11-17(13-27)23(29)28-20-9-7-19(26)8-10-20/h1-12H,14H2,(H,28,29)/b17-11+. The van der Waals surface area contributed by atoms with Crippen molar-refractivity contribution >= 4 is 40.9 Å². The van der Waals surface area contributed by atoms with Gasteiger partial charge in [0, 0.05) is 26.9 Å². The molecule has 0 radical (unpaired) electrons. The molecule has 0 spiro atoms. The number of para-hydroxylation sites is 1. The lowest BCUT2D eigenvalue weighted by Crippen LogP contribution is -2.13. The van der Waals surface area contributed by atoms with E-state index in [0.717, 1.165) is 5.56 Å². The topological polar surface area (TPSA) is 62.1 Å². The van der Waals surface area contributed by atoms with Crippen LogP contribution in [0.1, 0.15) is 11.1 Å². The first-order valence-electron chi connectivity index (χ1n) is 8.81. The minimum atomic E-state index is -0.611. The van der Waals surface area contributed by atoms with Crippen LogP contribution in [0, 0.1) is 17.1 Å². The van der Waals surface area contributed by atoms with Crippen molar-refractivity contribution in [3.8, 4) is 11.8 Å². The Hall–Kier alpha value is -3.33. The maximum absolute atomic E-state index is 13.0. The van der Waals surface area contributed by atoms with Gasteiger partial charge in [0.05, 0.1) is 0 Å². The van der Waals surface area contributed by atoms with E-state index in [1.165, 1.54) is 30.3 Å². The van der Waals surface area contributed by atoms with E-state index in [1.807, 2.05) is 6.07 Å². The Morgan fingerprint density at radius 1 is 1.10 bits per heavy atom. The summed E-state index contributed by atoms with van der Waals surface area (Å²) in [6.45, 7) is 0.185. The molecule has 0 saturated carbocycles. The predicted octanol–water partition coefficient (Wildman–Crippen LogP) is 6.26. The maximum atomic E-state index is 13.0. The quantitative estimate of drug-likeness (QED) is 0.363. The molecule has 0 bridgehead atoms. The Morgan fingerprint density at radius 3 is 2.53 bits per heavy atom. The summed E-state index contributed by atoms with van der Waals surface area (Å²) in [4.78, 5) is 12.4. The van der Waals surface area contributed by atoms with Crippen molar-refractivity contribution in [3.05, 3.63) is 99.3 Å². The van der Waals surface area contributed by atoms with Crippen LogP contribution < -0.4 is 10.1 Å². The van der Waals surface area contributed by atoms with Crippen LogP contribution in [-0.2, 0) is 11.4 Å². The van der Waals surface area contributed by atoms with Crippen LogP contribution in [0.3, 0.4) is 0 Å². The molecule has 0 fully saturated rings. The van der Waals surface area contributed by atoms with E-state index in [4.69, 9.17) is 27.9 Å². The van der Waals surface area contributed by atoms with Gasteiger partial charge in [-0.05, 0) is 48.5 Å². The lowest BCUT2D eigenvalue weighted by molar-refractivity contribution is -0.112. The van der Waals surface area contributed by atoms with Gasteiger partial charge in [-0.15, -0.1) is 0 Å². The van der Waals surface area contributed by atoms with E-state index in [0.29, 0.717) is 27.0 Å². The molecule has 3 aromatic carbocycles. The van der Waals surface area contributed by atoms with E-state index in [2.05, 4.69) is 5.32 Å². The number of carbonyl (C=O) groups excluding carboxylic acids is 1. The molecule has 7 heteroatoms. The Balaban J connectivity index is 1.78. The fraction of sp³-hybridized carbons (Fsp3) is 0.0435. The first-order valence-corrected chi connectivity index (χ1v) is 9.56. The Kier molecular flexibility index (Phi) is 7.08. The first kappa shape index (κ1) is 21.4. The van der Waals surface area contributed by atoms with Gasteiger partial charge < -0.3 is 10.1 Å². The van der Waals surface area contributed by atoms with Gasteiger partial charge in [-0.2, -0.15) is 5.26 Å². The molecule has 0 aliphatic heterocycles. The number of rotatable bonds is 6. The van der Waals surface area contributed by atoms with Gasteiger partial charge in [0.15, 0.2) is 0 Å². The molecule has 0 atom stereocenters. The normalized spacial score (nSPS) is 10.9. The highest BCUT2D eigenvalue weighted by molar-refractivity contribution is 6.35. The number of amides is 1. The van der Waals surface area contributed by atoms with Gasteiger partial charge in [-0.3, -0.25) is 4.79 Å². The van der Waals surface area contributed by atoms with Crippen LogP contribution in [0.25, 0.3) is 6.08 Å². The van der Waals surface area contributed by atoms with Crippen LogP contribution in [0.2, 0.25) is 10.0 Å². The van der Waals surface area contributed by atoms with Crippen molar-refractivity contribution in [2.24, 2.45) is 0 Å². The third-order valence-corrected chi connectivity index (χ3v) is 4.67. The largest absolute Gasteiger partial charge is 0.488 e. The summed E-state index contributed by atoms with van der Waals surface area (Å²) in [6, 6.07) is 19.2. The number of ether oxygens (including phenoxy) is 1. The molecule has 150 valence electrons. The number of anilines is 1. The summed E-state index contributed by atoms with van der Waals surface area (Å²) < 4.78 is 18.9. The number of nitriles is 1. The number of nitrogens with one attached hydrogen (secondary N) is 1. The molecule has 0 unspecified atom stereocenters. The number of hydrogen-bond donors (Lipinski definition) is 1. The molecule has 3 rings (SSSR count). The molecule has 0 aromatic heterocycles. The monoisotopic (exact) mass is 440 g/mol. The highest BCUT2D eigenvalue weighted by Crippen LogP contribution is 2.26. The summed E-state index contributed by atoms with van der Waals surface area (Å²) >= 11 is 12.1. The number of halogens is 3. The van der Waals surface area contributed by atoms with Crippen molar-refractivity contribution in [3.63, 3.8) is 0 Å². The second-order valence-corrected chi connectivity index (χ2v) is 7.04. The molecule has 0 heterocycles. The molecule has 1 amide bonds. The number of benzene rings is 3. The lowest BCUT2D eigenvalue weighted by Gasteiger charge is -2.11. The second-order valence-electron chi connectivity index (χ2n) is 6.19. The summed E-state index contributed by atoms with van der Waals surface area (Å²) in [6.07, 6.45) is 1.43. The zero-order valence-electron chi connectivity index (χ0n) is 15.5. The van der Waals surface area contributed by atoms with Gasteiger partial charge in [0.1, 0.15) is 29.8 Å². The summed E-state index contributed by atoms with van der Waals surface area (Å²) in [5.41, 5.74) is 1.55. The molecule has 3 aromatic rings. The summed E-state index contributed by atoms with van der Waals surface area (Å²) in [5.74, 6) is -0.554. The lowest BCUT2D eigenvalue weighted by atomic mass is 10.1. The van der Waals surface area contributed by atoms with Crippen LogP contribution in [0.15, 0.2) is 72.3 Å². The third-order valence-electron chi connectivity index (χ3n) is 4.08. The van der Waals surface area contributed by atoms with Gasteiger partial charge in [-0.1, -0.05) is 47.5 Å². The second kappa shape index (κ2) is 9.93. The zero-order chi connectivity index (χ0) is 21.5. The highest BCUT2D eigenvalue weighted by Gasteiger charge is 2.12. The van der Waals surface area contributed by atoms with Crippen molar-refractivity contribution in [1.82, 2.24) is 0 Å². The van der Waals surface area contributed by atoms with Crippen molar-refractivity contribution in [2.75, 3.05) is 5.32 Å². The maximum Gasteiger partial charge on any atom is 0.266 e. The van der Waals surface area contributed by atoms with Crippen LogP contribution in [0.5, 0.6) is 5.75 Å². The molecular weight excluding hydrogens is 426 g/mol. The fourth-order valence-electron chi connectivity index (χ4n) is 2.56. The van der Waals surface area contributed by atoms with Crippen molar-refractivity contribution < 1.29 is 13.9 Å². The van der Waals surface area contributed by atoms with Crippen molar-refractivity contribution in [1.29, 1.82) is 5.26 Å². The Bertz CT molecular complexity index is 1140. The molecule has 1 N–H and O–H groups in total. The molecule has 30 heavy (non-hydrogen) atoms. The van der Waals surface area contributed by atoms with E-state index >= 15 is 0 Å². The molecule has 4 nitrogen and oxygen atoms in total. The van der Waals surface area contributed by atoms with Gasteiger partial charge in [0.25, 0.3) is 5.91 Å².